The van der Waals surface area contributed by atoms with E-state index in [1.807, 2.05) is 24.3 Å². The van der Waals surface area contributed by atoms with Crippen LogP contribution in [0.3, 0.4) is 0 Å². The van der Waals surface area contributed by atoms with Crippen LogP contribution in [-0.4, -0.2) is 29.9 Å². The highest BCUT2D eigenvalue weighted by Crippen LogP contribution is 2.23. The standard InChI is InChI=1S/C19H22N4O2/c20-18(24)16-2-1-11-23(13-16)17-5-3-14(4-6-17)12-22-19(25)15-7-9-21-10-8-15/h3-10,16H,1-2,11-13H2,(H2,20,24)(H,22,25)/t16-/m1/s1. The number of pyridine rings is 1. The molecule has 2 heterocycles. The molecule has 0 unspecified atom stereocenters. The van der Waals surface area contributed by atoms with Gasteiger partial charge in [-0.1, -0.05) is 12.1 Å². The quantitative estimate of drug-likeness (QED) is 0.869. The van der Waals surface area contributed by atoms with Crippen LogP contribution in [-0.2, 0) is 11.3 Å². The molecule has 1 atom stereocenters. The zero-order chi connectivity index (χ0) is 17.6. The van der Waals surface area contributed by atoms with E-state index in [4.69, 9.17) is 5.73 Å². The maximum absolute atomic E-state index is 12.0. The molecular formula is C19H22N4O2. The molecule has 1 aromatic carbocycles. The second-order valence-electron chi connectivity index (χ2n) is 6.27. The van der Waals surface area contributed by atoms with E-state index in [2.05, 4.69) is 15.2 Å². The predicted molar refractivity (Wildman–Crippen MR) is 96.0 cm³/mol. The van der Waals surface area contributed by atoms with Crippen LogP contribution in [0.4, 0.5) is 5.69 Å². The molecule has 2 amide bonds. The van der Waals surface area contributed by atoms with Gasteiger partial charge in [-0.15, -0.1) is 0 Å². The fraction of sp³-hybridized carbons (Fsp3) is 0.316. The summed E-state index contributed by atoms with van der Waals surface area (Å²) in [6, 6.07) is 11.4. The van der Waals surface area contributed by atoms with Crippen molar-refractivity contribution in [3.8, 4) is 0 Å². The van der Waals surface area contributed by atoms with Gasteiger partial charge in [0.05, 0.1) is 5.92 Å². The molecule has 25 heavy (non-hydrogen) atoms. The molecule has 2 aromatic rings. The molecule has 1 aliphatic heterocycles. The molecule has 3 N–H and O–H groups in total. The number of amides is 2. The Morgan fingerprint density at radius 1 is 1.16 bits per heavy atom. The van der Waals surface area contributed by atoms with Gasteiger partial charge in [0.25, 0.3) is 5.91 Å². The van der Waals surface area contributed by atoms with Crippen molar-refractivity contribution in [3.05, 3.63) is 59.9 Å². The Bertz CT molecular complexity index is 731. The summed E-state index contributed by atoms with van der Waals surface area (Å²) < 4.78 is 0. The smallest absolute Gasteiger partial charge is 0.251 e. The molecule has 6 nitrogen and oxygen atoms in total. The molecule has 6 heteroatoms. The number of piperidine rings is 1. The summed E-state index contributed by atoms with van der Waals surface area (Å²) >= 11 is 0. The number of nitrogens with zero attached hydrogens (tertiary/aromatic N) is 2. The number of nitrogens with two attached hydrogens (primary N) is 1. The monoisotopic (exact) mass is 338 g/mol. The van der Waals surface area contributed by atoms with E-state index in [9.17, 15) is 9.59 Å². The number of carbonyl (C=O) groups excluding carboxylic acids is 2. The van der Waals surface area contributed by atoms with Crippen molar-refractivity contribution in [3.63, 3.8) is 0 Å². The Kier molecular flexibility index (Phi) is 5.28. The number of hydrogen-bond acceptors (Lipinski definition) is 4. The molecule has 0 aliphatic carbocycles. The fourth-order valence-electron chi connectivity index (χ4n) is 3.06. The van der Waals surface area contributed by atoms with Crippen molar-refractivity contribution in [2.24, 2.45) is 11.7 Å². The Hall–Kier alpha value is -2.89. The summed E-state index contributed by atoms with van der Waals surface area (Å²) in [5, 5.41) is 2.89. The molecule has 1 aliphatic rings. The van der Waals surface area contributed by atoms with Gasteiger partial charge in [-0.2, -0.15) is 0 Å². The second-order valence-corrected chi connectivity index (χ2v) is 6.27. The number of rotatable bonds is 5. The zero-order valence-corrected chi connectivity index (χ0v) is 14.0. The zero-order valence-electron chi connectivity index (χ0n) is 14.0. The largest absolute Gasteiger partial charge is 0.371 e. The molecule has 0 spiro atoms. The third-order valence-electron chi connectivity index (χ3n) is 4.52. The number of hydrogen-bond donors (Lipinski definition) is 2. The highest BCUT2D eigenvalue weighted by molar-refractivity contribution is 5.93. The van der Waals surface area contributed by atoms with E-state index < -0.39 is 0 Å². The van der Waals surface area contributed by atoms with E-state index in [1.165, 1.54) is 0 Å². The van der Waals surface area contributed by atoms with Gasteiger partial charge in [-0.3, -0.25) is 14.6 Å². The highest BCUT2D eigenvalue weighted by Gasteiger charge is 2.23. The number of aromatic nitrogens is 1. The van der Waals surface area contributed by atoms with Crippen LogP contribution >= 0.6 is 0 Å². The summed E-state index contributed by atoms with van der Waals surface area (Å²) in [4.78, 5) is 29.5. The van der Waals surface area contributed by atoms with E-state index in [1.54, 1.807) is 24.5 Å². The van der Waals surface area contributed by atoms with Crippen LogP contribution in [0.1, 0.15) is 28.8 Å². The van der Waals surface area contributed by atoms with Crippen LogP contribution in [0.15, 0.2) is 48.8 Å². The SMILES string of the molecule is NC(=O)[C@@H]1CCCN(c2ccc(CNC(=O)c3ccncc3)cc2)C1. The van der Waals surface area contributed by atoms with E-state index in [-0.39, 0.29) is 17.7 Å². The lowest BCUT2D eigenvalue weighted by atomic mass is 9.97. The average molecular weight is 338 g/mol. The van der Waals surface area contributed by atoms with Crippen molar-refractivity contribution in [1.29, 1.82) is 0 Å². The van der Waals surface area contributed by atoms with Crippen molar-refractivity contribution < 1.29 is 9.59 Å². The maximum Gasteiger partial charge on any atom is 0.251 e. The number of carbonyl (C=O) groups is 2. The number of nitrogens with one attached hydrogen (secondary N) is 1. The molecule has 1 aromatic heterocycles. The molecule has 1 fully saturated rings. The molecule has 0 saturated carbocycles. The van der Waals surface area contributed by atoms with Gasteiger partial charge in [-0.05, 0) is 42.7 Å². The van der Waals surface area contributed by atoms with E-state index in [0.29, 0.717) is 18.7 Å². The summed E-state index contributed by atoms with van der Waals surface area (Å²) in [6.45, 7) is 2.07. The lowest BCUT2D eigenvalue weighted by Crippen LogP contribution is -2.41. The van der Waals surface area contributed by atoms with Crippen molar-refractivity contribution in [2.45, 2.75) is 19.4 Å². The molecule has 3 rings (SSSR count). The van der Waals surface area contributed by atoms with Gasteiger partial charge < -0.3 is 16.0 Å². The molecular weight excluding hydrogens is 316 g/mol. The summed E-state index contributed by atoms with van der Waals surface area (Å²) in [5.41, 5.74) is 8.13. The Labute approximate surface area is 147 Å². The van der Waals surface area contributed by atoms with Crippen molar-refractivity contribution >= 4 is 17.5 Å². The molecule has 1 saturated heterocycles. The minimum atomic E-state index is -0.222. The Morgan fingerprint density at radius 2 is 1.88 bits per heavy atom. The van der Waals surface area contributed by atoms with Crippen LogP contribution in [0, 0.1) is 5.92 Å². The first-order chi connectivity index (χ1) is 12.1. The van der Waals surface area contributed by atoms with Crippen molar-refractivity contribution in [2.75, 3.05) is 18.0 Å². The summed E-state index contributed by atoms with van der Waals surface area (Å²) in [7, 11) is 0. The first-order valence-corrected chi connectivity index (χ1v) is 8.45. The molecule has 0 radical (unpaired) electrons. The van der Waals surface area contributed by atoms with Crippen LogP contribution in [0.25, 0.3) is 0 Å². The van der Waals surface area contributed by atoms with Gasteiger partial charge in [0, 0.05) is 43.3 Å². The molecule has 0 bridgehead atoms. The minimum Gasteiger partial charge on any atom is -0.371 e. The fourth-order valence-corrected chi connectivity index (χ4v) is 3.06. The van der Waals surface area contributed by atoms with Gasteiger partial charge in [0.15, 0.2) is 0 Å². The number of benzene rings is 1. The van der Waals surface area contributed by atoms with Crippen LogP contribution < -0.4 is 16.0 Å². The van der Waals surface area contributed by atoms with Crippen LogP contribution in [0.5, 0.6) is 0 Å². The highest BCUT2D eigenvalue weighted by atomic mass is 16.2. The van der Waals surface area contributed by atoms with Crippen LogP contribution in [0.2, 0.25) is 0 Å². The first kappa shape index (κ1) is 17.0. The normalized spacial score (nSPS) is 17.1. The maximum atomic E-state index is 12.0. The van der Waals surface area contributed by atoms with Gasteiger partial charge in [0.2, 0.25) is 5.91 Å². The number of primary amides is 1. The van der Waals surface area contributed by atoms with E-state index >= 15 is 0 Å². The lowest BCUT2D eigenvalue weighted by Gasteiger charge is -2.33. The third-order valence-corrected chi connectivity index (χ3v) is 4.52. The minimum absolute atomic E-state index is 0.0759. The first-order valence-electron chi connectivity index (χ1n) is 8.45. The predicted octanol–water partition coefficient (Wildman–Crippen LogP) is 1.71. The summed E-state index contributed by atoms with van der Waals surface area (Å²) in [6.07, 6.45) is 5.03. The van der Waals surface area contributed by atoms with Gasteiger partial charge in [0.1, 0.15) is 0 Å². The summed E-state index contributed by atoms with van der Waals surface area (Å²) in [5.74, 6) is -0.417. The van der Waals surface area contributed by atoms with Gasteiger partial charge >= 0.3 is 0 Å². The Morgan fingerprint density at radius 3 is 2.56 bits per heavy atom. The average Bonchev–Trinajstić information content (AvgIpc) is 2.67. The van der Waals surface area contributed by atoms with Crippen molar-refractivity contribution in [1.82, 2.24) is 10.3 Å². The lowest BCUT2D eigenvalue weighted by molar-refractivity contribution is -0.122. The Balaban J connectivity index is 1.57. The second kappa shape index (κ2) is 7.79. The number of anilines is 1. The van der Waals surface area contributed by atoms with Gasteiger partial charge in [-0.25, -0.2) is 0 Å². The third kappa shape index (κ3) is 4.35. The van der Waals surface area contributed by atoms with E-state index in [0.717, 1.165) is 30.6 Å². The topological polar surface area (TPSA) is 88.3 Å². The molecule has 130 valence electrons.